The fraction of sp³-hybridized carbons (Fsp3) is 0.871. The maximum Gasteiger partial charge on any atom is 0.0644 e. The number of unbranched alkanes of at least 4 members (excludes halogenated alkanes) is 14. The molecule has 0 aromatic carbocycles. The first-order chi connectivity index (χ1) is 16.7. The van der Waals surface area contributed by atoms with E-state index in [4.69, 9.17) is 9.47 Å². The van der Waals surface area contributed by atoms with E-state index in [9.17, 15) is 0 Å². The number of ether oxygens (including phenoxy) is 2. The molecule has 0 rings (SSSR count). The molecule has 1 unspecified atom stereocenters. The molecule has 0 heterocycles. The zero-order chi connectivity index (χ0) is 25.0. The summed E-state index contributed by atoms with van der Waals surface area (Å²) in [5.41, 5.74) is 0. The van der Waals surface area contributed by atoms with Crippen LogP contribution in [0.3, 0.4) is 0 Å². The molecule has 0 bridgehead atoms. The van der Waals surface area contributed by atoms with Crippen LogP contribution in [0, 0.1) is 0 Å². The fourth-order valence-corrected chi connectivity index (χ4v) is 3.96. The number of hydrogen-bond acceptors (Lipinski definition) is 3. The third-order valence-electron chi connectivity index (χ3n) is 6.48. The molecule has 34 heavy (non-hydrogen) atoms. The van der Waals surface area contributed by atoms with Crippen LogP contribution in [0.2, 0.25) is 0 Å². The van der Waals surface area contributed by atoms with Gasteiger partial charge in [0.1, 0.15) is 0 Å². The van der Waals surface area contributed by atoms with Crippen molar-refractivity contribution in [3.05, 3.63) is 24.3 Å². The molecule has 0 aliphatic carbocycles. The van der Waals surface area contributed by atoms with Crippen LogP contribution in [0.5, 0.6) is 0 Å². The Hall–Kier alpha value is -0.640. The van der Waals surface area contributed by atoms with Crippen LogP contribution in [-0.2, 0) is 9.47 Å². The lowest BCUT2D eigenvalue weighted by Gasteiger charge is -2.24. The van der Waals surface area contributed by atoms with Crippen LogP contribution >= 0.6 is 0 Å². The van der Waals surface area contributed by atoms with Crippen LogP contribution in [0.25, 0.3) is 0 Å². The first-order valence-corrected chi connectivity index (χ1v) is 14.8. The number of likely N-dealkylation sites (N-methyl/N-ethyl adjacent to an activating group) is 1. The highest BCUT2D eigenvalue weighted by Gasteiger charge is 2.11. The molecule has 0 radical (unpaired) electrons. The molecule has 0 saturated carbocycles. The lowest BCUT2D eigenvalue weighted by Crippen LogP contribution is -2.37. The quantitative estimate of drug-likeness (QED) is 0.0865. The Morgan fingerprint density at radius 2 is 0.941 bits per heavy atom. The first-order valence-electron chi connectivity index (χ1n) is 14.8. The molecule has 3 nitrogen and oxygen atoms in total. The number of nitrogens with zero attached hydrogens (tertiary/aromatic N) is 1. The molecule has 0 aromatic rings. The highest BCUT2D eigenvalue weighted by atomic mass is 16.5. The fourth-order valence-electron chi connectivity index (χ4n) is 3.96. The lowest BCUT2D eigenvalue weighted by molar-refractivity contribution is 0.0197. The number of allylic oxidation sites excluding steroid dienone is 4. The lowest BCUT2D eigenvalue weighted by atomic mass is 10.1. The Balaban J connectivity index is 3.44. The number of hydrogen-bond donors (Lipinski definition) is 0. The second kappa shape index (κ2) is 28.6. The largest absolute Gasteiger partial charge is 0.380 e. The molecule has 0 aliphatic rings. The molecule has 0 fully saturated rings. The molecule has 202 valence electrons. The van der Waals surface area contributed by atoms with E-state index >= 15 is 0 Å². The van der Waals surface area contributed by atoms with E-state index in [2.05, 4.69) is 57.1 Å². The van der Waals surface area contributed by atoms with Crippen molar-refractivity contribution in [1.82, 2.24) is 4.90 Å². The van der Waals surface area contributed by atoms with Gasteiger partial charge in [0.15, 0.2) is 0 Å². The summed E-state index contributed by atoms with van der Waals surface area (Å²) in [7, 11) is 4.26. The van der Waals surface area contributed by atoms with Gasteiger partial charge in [-0.1, -0.05) is 109 Å². The minimum absolute atomic E-state index is 0.365. The molecule has 3 heteroatoms. The molecule has 0 aromatic heterocycles. The summed E-state index contributed by atoms with van der Waals surface area (Å²) >= 11 is 0. The Bertz CT molecular complexity index is 433. The van der Waals surface area contributed by atoms with E-state index in [0.29, 0.717) is 6.04 Å². The van der Waals surface area contributed by atoms with E-state index in [1.165, 1.54) is 109 Å². The first kappa shape index (κ1) is 33.4. The SMILES string of the molecule is CCCCCC=CCC=CCCCCCCCCOCC(COCCCCCCCC)N(C)C. The predicted molar refractivity (Wildman–Crippen MR) is 152 cm³/mol. The summed E-state index contributed by atoms with van der Waals surface area (Å²) in [5, 5.41) is 0. The minimum Gasteiger partial charge on any atom is -0.380 e. The highest BCUT2D eigenvalue weighted by molar-refractivity contribution is 4.92. The minimum atomic E-state index is 0.365. The summed E-state index contributed by atoms with van der Waals surface area (Å²) in [6, 6.07) is 0.365. The van der Waals surface area contributed by atoms with Gasteiger partial charge >= 0.3 is 0 Å². The van der Waals surface area contributed by atoms with Crippen LogP contribution in [0.1, 0.15) is 129 Å². The third-order valence-corrected chi connectivity index (χ3v) is 6.48. The van der Waals surface area contributed by atoms with Gasteiger partial charge in [-0.25, -0.2) is 0 Å². The molecule has 0 amide bonds. The molecule has 0 spiro atoms. The van der Waals surface area contributed by atoms with Gasteiger partial charge in [-0.05, 0) is 59.0 Å². The summed E-state index contributed by atoms with van der Waals surface area (Å²) in [5.74, 6) is 0. The zero-order valence-electron chi connectivity index (χ0n) is 23.7. The van der Waals surface area contributed by atoms with Gasteiger partial charge in [-0.3, -0.25) is 0 Å². The number of rotatable bonds is 27. The Kier molecular flexibility index (Phi) is 28.1. The van der Waals surface area contributed by atoms with Gasteiger partial charge in [-0.15, -0.1) is 0 Å². The van der Waals surface area contributed by atoms with Crippen molar-refractivity contribution in [3.8, 4) is 0 Å². The topological polar surface area (TPSA) is 21.7 Å². The second-order valence-electron chi connectivity index (χ2n) is 10.1. The van der Waals surface area contributed by atoms with Gasteiger partial charge in [0, 0.05) is 13.2 Å². The third kappa shape index (κ3) is 26.0. The molecule has 0 N–H and O–H groups in total. The van der Waals surface area contributed by atoms with E-state index < -0.39 is 0 Å². The van der Waals surface area contributed by atoms with Crippen molar-refractivity contribution in [2.75, 3.05) is 40.5 Å². The Morgan fingerprint density at radius 3 is 1.44 bits per heavy atom. The average molecular weight is 480 g/mol. The van der Waals surface area contributed by atoms with Gasteiger partial charge in [0.25, 0.3) is 0 Å². The normalized spacial score (nSPS) is 13.1. The van der Waals surface area contributed by atoms with Gasteiger partial charge in [0.05, 0.1) is 19.3 Å². The van der Waals surface area contributed by atoms with Crippen LogP contribution in [0.4, 0.5) is 0 Å². The highest BCUT2D eigenvalue weighted by Crippen LogP contribution is 2.09. The van der Waals surface area contributed by atoms with Crippen molar-refractivity contribution in [2.24, 2.45) is 0 Å². The Morgan fingerprint density at radius 1 is 0.529 bits per heavy atom. The van der Waals surface area contributed by atoms with Crippen molar-refractivity contribution in [2.45, 2.75) is 135 Å². The standard InChI is InChI=1S/C31H61NO2/c1-5-7-9-11-13-14-15-16-17-18-19-20-21-22-24-26-28-34-30-31(32(3)4)29-33-27-25-23-12-10-8-6-2/h13-14,16-17,31H,5-12,15,18-30H2,1-4H3. The second-order valence-corrected chi connectivity index (χ2v) is 10.1. The van der Waals surface area contributed by atoms with Crippen molar-refractivity contribution >= 4 is 0 Å². The molecule has 0 saturated heterocycles. The summed E-state index contributed by atoms with van der Waals surface area (Å²) in [6.45, 7) is 7.87. The maximum atomic E-state index is 5.96. The van der Waals surface area contributed by atoms with Crippen LogP contribution in [0.15, 0.2) is 24.3 Å². The van der Waals surface area contributed by atoms with Crippen LogP contribution < -0.4 is 0 Å². The van der Waals surface area contributed by atoms with Crippen molar-refractivity contribution in [3.63, 3.8) is 0 Å². The van der Waals surface area contributed by atoms with Crippen molar-refractivity contribution < 1.29 is 9.47 Å². The van der Waals surface area contributed by atoms with Gasteiger partial charge in [-0.2, -0.15) is 0 Å². The van der Waals surface area contributed by atoms with E-state index in [-0.39, 0.29) is 0 Å². The van der Waals surface area contributed by atoms with Crippen molar-refractivity contribution in [1.29, 1.82) is 0 Å². The average Bonchev–Trinajstić information content (AvgIpc) is 2.83. The van der Waals surface area contributed by atoms with Gasteiger partial charge in [0.2, 0.25) is 0 Å². The molecular weight excluding hydrogens is 418 g/mol. The zero-order valence-corrected chi connectivity index (χ0v) is 23.7. The smallest absolute Gasteiger partial charge is 0.0644 e. The summed E-state index contributed by atoms with van der Waals surface area (Å²) in [4.78, 5) is 2.24. The summed E-state index contributed by atoms with van der Waals surface area (Å²) in [6.07, 6.45) is 32.7. The molecule has 1 atom stereocenters. The summed E-state index contributed by atoms with van der Waals surface area (Å²) < 4.78 is 11.9. The maximum absolute atomic E-state index is 5.96. The predicted octanol–water partition coefficient (Wildman–Crippen LogP) is 9.12. The van der Waals surface area contributed by atoms with Crippen LogP contribution in [-0.4, -0.2) is 51.5 Å². The monoisotopic (exact) mass is 479 g/mol. The molecular formula is C31H61NO2. The van der Waals surface area contributed by atoms with E-state index in [0.717, 1.165) is 32.8 Å². The van der Waals surface area contributed by atoms with E-state index in [1.54, 1.807) is 0 Å². The Labute approximate surface area is 214 Å². The molecule has 0 aliphatic heterocycles. The van der Waals surface area contributed by atoms with E-state index in [1.807, 2.05) is 0 Å². The van der Waals surface area contributed by atoms with Gasteiger partial charge < -0.3 is 14.4 Å².